The molecule has 0 saturated carbocycles. The Bertz CT molecular complexity index is 1770. The van der Waals surface area contributed by atoms with Gasteiger partial charge in [0.15, 0.2) is 5.58 Å². The van der Waals surface area contributed by atoms with Crippen LogP contribution in [-0.2, 0) is 7.05 Å². The third kappa shape index (κ3) is 2.80. The van der Waals surface area contributed by atoms with Gasteiger partial charge in [-0.15, -0.1) is 0 Å². The fourth-order valence-electron chi connectivity index (χ4n) is 5.56. The summed E-state index contributed by atoms with van der Waals surface area (Å²) in [5.41, 5.74) is 4.31. The molecule has 0 spiro atoms. The molecular formula is C31H23NOSi. The van der Waals surface area contributed by atoms with Crippen molar-refractivity contribution in [3.63, 3.8) is 0 Å². The number of nitrogens with zero attached hydrogens (tertiary/aromatic N) is 1. The van der Waals surface area contributed by atoms with Crippen molar-refractivity contribution in [1.29, 1.82) is 0 Å². The second-order valence-corrected chi connectivity index (χ2v) is 11.9. The van der Waals surface area contributed by atoms with E-state index in [2.05, 4.69) is 121 Å². The molecule has 7 rings (SSSR count). The van der Waals surface area contributed by atoms with Gasteiger partial charge in [-0.3, -0.25) is 0 Å². The lowest BCUT2D eigenvalue weighted by Crippen LogP contribution is -2.51. The van der Waals surface area contributed by atoms with Crippen molar-refractivity contribution in [2.75, 3.05) is 0 Å². The maximum Gasteiger partial charge on any atom is 0.159 e. The van der Waals surface area contributed by atoms with Crippen LogP contribution in [0.5, 0.6) is 0 Å². The standard InChI is InChI=1S/C31H23NOSi/c1-32-28-19-16-23(34(21-10-4-2-5-11-21)22-12-6-3-7-13-22)20-27(28)25-17-18-26-24-14-8-9-15-29(24)33-31(26)30(25)32/h2-20,34H,1H3. The number of benzene rings is 5. The van der Waals surface area contributed by atoms with E-state index in [-0.39, 0.29) is 0 Å². The minimum atomic E-state index is -1.59. The molecule has 0 amide bonds. The predicted molar refractivity (Wildman–Crippen MR) is 147 cm³/mol. The van der Waals surface area contributed by atoms with E-state index >= 15 is 0 Å². The van der Waals surface area contributed by atoms with E-state index in [0.717, 1.165) is 11.2 Å². The first kappa shape index (κ1) is 19.4. The van der Waals surface area contributed by atoms with Gasteiger partial charge in [-0.05, 0) is 18.2 Å². The third-order valence-corrected chi connectivity index (χ3v) is 10.3. The van der Waals surface area contributed by atoms with Crippen LogP contribution in [0.2, 0.25) is 0 Å². The summed E-state index contributed by atoms with van der Waals surface area (Å²) in [6, 6.07) is 41.9. The lowest BCUT2D eigenvalue weighted by atomic mass is 10.1. The Morgan fingerprint density at radius 3 is 1.94 bits per heavy atom. The lowest BCUT2D eigenvalue weighted by molar-refractivity contribution is 0.670. The van der Waals surface area contributed by atoms with Gasteiger partial charge < -0.3 is 8.98 Å². The molecule has 0 fully saturated rings. The highest BCUT2D eigenvalue weighted by atomic mass is 28.3. The second-order valence-electron chi connectivity index (χ2n) is 9.03. The van der Waals surface area contributed by atoms with Crippen LogP contribution in [0.3, 0.4) is 0 Å². The first-order chi connectivity index (χ1) is 16.8. The average Bonchev–Trinajstić information content (AvgIpc) is 3.41. The van der Waals surface area contributed by atoms with Crippen LogP contribution in [0.1, 0.15) is 0 Å². The molecule has 0 aliphatic carbocycles. The molecule has 0 aliphatic rings. The number of para-hydroxylation sites is 1. The first-order valence-electron chi connectivity index (χ1n) is 11.7. The molecule has 0 atom stereocenters. The molecule has 162 valence electrons. The SMILES string of the molecule is Cn1c2ccc([SiH](c3ccccc3)c3ccccc3)cc2c2ccc3c4ccccc4oc3c21. The quantitative estimate of drug-likeness (QED) is 0.256. The maximum absolute atomic E-state index is 6.38. The average molecular weight is 454 g/mol. The highest BCUT2D eigenvalue weighted by Crippen LogP contribution is 2.37. The smallest absolute Gasteiger partial charge is 0.159 e. The predicted octanol–water partition coefficient (Wildman–Crippen LogP) is 5.48. The van der Waals surface area contributed by atoms with Crippen molar-refractivity contribution in [2.45, 2.75) is 0 Å². The zero-order chi connectivity index (χ0) is 22.6. The summed E-state index contributed by atoms with van der Waals surface area (Å²) in [5, 5.41) is 9.20. The number of aryl methyl sites for hydroxylation is 1. The van der Waals surface area contributed by atoms with E-state index < -0.39 is 8.80 Å². The topological polar surface area (TPSA) is 18.1 Å². The molecule has 0 radical (unpaired) electrons. The molecule has 2 aromatic heterocycles. The van der Waals surface area contributed by atoms with E-state index in [1.165, 1.54) is 48.1 Å². The van der Waals surface area contributed by atoms with Crippen LogP contribution in [0.15, 0.2) is 120 Å². The molecule has 34 heavy (non-hydrogen) atoms. The lowest BCUT2D eigenvalue weighted by Gasteiger charge is -2.17. The van der Waals surface area contributed by atoms with Crippen molar-refractivity contribution < 1.29 is 4.42 Å². The van der Waals surface area contributed by atoms with Gasteiger partial charge >= 0.3 is 0 Å². The van der Waals surface area contributed by atoms with E-state index in [0.29, 0.717) is 0 Å². The van der Waals surface area contributed by atoms with Crippen LogP contribution < -0.4 is 15.6 Å². The molecule has 5 aromatic carbocycles. The summed E-state index contributed by atoms with van der Waals surface area (Å²) >= 11 is 0. The van der Waals surface area contributed by atoms with Crippen molar-refractivity contribution in [3.05, 3.63) is 115 Å². The Morgan fingerprint density at radius 2 is 1.21 bits per heavy atom. The normalized spacial score (nSPS) is 11.9. The van der Waals surface area contributed by atoms with Gasteiger partial charge in [0, 0.05) is 34.1 Å². The zero-order valence-corrected chi connectivity index (χ0v) is 20.1. The van der Waals surface area contributed by atoms with E-state index in [1.54, 1.807) is 0 Å². The molecule has 2 nitrogen and oxygen atoms in total. The Morgan fingerprint density at radius 1 is 0.559 bits per heavy atom. The van der Waals surface area contributed by atoms with Crippen LogP contribution >= 0.6 is 0 Å². The Balaban J connectivity index is 1.51. The number of aromatic nitrogens is 1. The molecule has 2 heterocycles. The molecule has 3 heteroatoms. The van der Waals surface area contributed by atoms with Crippen molar-refractivity contribution >= 4 is 68.1 Å². The summed E-state index contributed by atoms with van der Waals surface area (Å²) in [5.74, 6) is 0. The highest BCUT2D eigenvalue weighted by molar-refractivity contribution is 6.95. The molecule has 0 unspecified atom stereocenters. The van der Waals surface area contributed by atoms with E-state index in [1.807, 2.05) is 6.07 Å². The van der Waals surface area contributed by atoms with Crippen LogP contribution in [0.25, 0.3) is 43.7 Å². The van der Waals surface area contributed by atoms with Gasteiger partial charge in [0.25, 0.3) is 0 Å². The van der Waals surface area contributed by atoms with Crippen LogP contribution in [0, 0.1) is 0 Å². The summed E-state index contributed by atoms with van der Waals surface area (Å²) in [4.78, 5) is 0. The van der Waals surface area contributed by atoms with Crippen LogP contribution in [-0.4, -0.2) is 13.4 Å². The summed E-state index contributed by atoms with van der Waals surface area (Å²) in [7, 11) is 0.559. The van der Waals surface area contributed by atoms with Gasteiger partial charge in [-0.25, -0.2) is 0 Å². The Hall–Kier alpha value is -4.08. The van der Waals surface area contributed by atoms with Gasteiger partial charge in [-0.2, -0.15) is 0 Å². The van der Waals surface area contributed by atoms with Gasteiger partial charge in [0.2, 0.25) is 0 Å². The van der Waals surface area contributed by atoms with Crippen molar-refractivity contribution in [2.24, 2.45) is 7.05 Å². The van der Waals surface area contributed by atoms with Gasteiger partial charge in [0.1, 0.15) is 14.4 Å². The second kappa shape index (κ2) is 7.47. The number of hydrogen-bond donors (Lipinski definition) is 0. The molecule has 0 saturated heterocycles. The zero-order valence-electron chi connectivity index (χ0n) is 18.9. The van der Waals surface area contributed by atoms with E-state index in [9.17, 15) is 0 Å². The fourth-order valence-corrected chi connectivity index (χ4v) is 8.55. The van der Waals surface area contributed by atoms with Gasteiger partial charge in [0.05, 0.1) is 5.52 Å². The Labute approximate surface area is 199 Å². The molecule has 0 aliphatic heterocycles. The first-order valence-corrected chi connectivity index (χ1v) is 13.4. The highest BCUT2D eigenvalue weighted by Gasteiger charge is 2.21. The van der Waals surface area contributed by atoms with Crippen molar-refractivity contribution in [3.8, 4) is 0 Å². The van der Waals surface area contributed by atoms with Gasteiger partial charge in [-0.1, -0.05) is 113 Å². The molecule has 0 N–H and O–H groups in total. The fraction of sp³-hybridized carbons (Fsp3) is 0.0323. The largest absolute Gasteiger partial charge is 0.454 e. The molecular weight excluding hydrogens is 430 g/mol. The third-order valence-electron chi connectivity index (χ3n) is 7.13. The summed E-state index contributed by atoms with van der Waals surface area (Å²) in [6.07, 6.45) is 0. The minimum Gasteiger partial charge on any atom is -0.454 e. The summed E-state index contributed by atoms with van der Waals surface area (Å²) < 4.78 is 8.67. The maximum atomic E-state index is 6.38. The monoisotopic (exact) mass is 453 g/mol. The minimum absolute atomic E-state index is 0.941. The molecule has 0 bridgehead atoms. The van der Waals surface area contributed by atoms with E-state index in [4.69, 9.17) is 4.42 Å². The molecule has 7 aromatic rings. The van der Waals surface area contributed by atoms with Crippen molar-refractivity contribution in [1.82, 2.24) is 4.57 Å². The number of rotatable bonds is 3. The number of fused-ring (bicyclic) bond motifs is 7. The van der Waals surface area contributed by atoms with Crippen LogP contribution in [0.4, 0.5) is 0 Å². The number of hydrogen-bond acceptors (Lipinski definition) is 1. The summed E-state index contributed by atoms with van der Waals surface area (Å²) in [6.45, 7) is 0. The Kier molecular flexibility index (Phi) is 4.26. The number of furan rings is 1.